The number of hydrogen-bond acceptors (Lipinski definition) is 4. The molecule has 0 saturated carbocycles. The quantitative estimate of drug-likeness (QED) is 0.852. The minimum absolute atomic E-state index is 0.226. The Bertz CT molecular complexity index is 551. The Morgan fingerprint density at radius 3 is 2.74 bits per heavy atom. The number of nitrogens with one attached hydrogen (secondary N) is 1. The number of carbonyl (C=O) groups is 2. The molecule has 6 heteroatoms. The van der Waals surface area contributed by atoms with Crippen molar-refractivity contribution in [3.63, 3.8) is 0 Å². The van der Waals surface area contributed by atoms with Crippen molar-refractivity contribution in [2.75, 3.05) is 0 Å². The molecule has 2 rings (SSSR count). The summed E-state index contributed by atoms with van der Waals surface area (Å²) in [6, 6.07) is 7.46. The van der Waals surface area contributed by atoms with E-state index in [0.29, 0.717) is 5.76 Å². The summed E-state index contributed by atoms with van der Waals surface area (Å²) in [5, 5.41) is 11.4. The number of carboxylic acids is 1. The van der Waals surface area contributed by atoms with Gasteiger partial charge >= 0.3 is 5.97 Å². The Balaban J connectivity index is 2.12. The van der Waals surface area contributed by atoms with Crippen molar-refractivity contribution >= 4 is 11.9 Å². The minimum atomic E-state index is -1.03. The van der Waals surface area contributed by atoms with Gasteiger partial charge in [0.2, 0.25) is 0 Å². The molecule has 98 valence electrons. The second-order valence-electron chi connectivity index (χ2n) is 3.85. The standard InChI is InChI=1S/C13H12N2O4/c16-12(17)8-10(11-5-3-7-19-11)15-13(18)9-4-1-2-6-14-9/h1-7,10H,8H2,(H,15,18)(H,16,17). The van der Waals surface area contributed by atoms with E-state index in [-0.39, 0.29) is 12.1 Å². The largest absolute Gasteiger partial charge is 0.481 e. The number of amides is 1. The highest BCUT2D eigenvalue weighted by Gasteiger charge is 2.21. The molecule has 0 aliphatic heterocycles. The van der Waals surface area contributed by atoms with Crippen molar-refractivity contribution in [2.45, 2.75) is 12.5 Å². The van der Waals surface area contributed by atoms with Crippen LogP contribution < -0.4 is 5.32 Å². The lowest BCUT2D eigenvalue weighted by Gasteiger charge is -2.14. The van der Waals surface area contributed by atoms with Crippen molar-refractivity contribution < 1.29 is 19.1 Å². The van der Waals surface area contributed by atoms with Crippen LogP contribution in [0.25, 0.3) is 0 Å². The van der Waals surface area contributed by atoms with Gasteiger partial charge in [0.15, 0.2) is 0 Å². The topological polar surface area (TPSA) is 92.4 Å². The minimum Gasteiger partial charge on any atom is -0.481 e. The summed E-state index contributed by atoms with van der Waals surface area (Å²) in [6.45, 7) is 0. The number of aromatic nitrogens is 1. The molecule has 0 saturated heterocycles. The van der Waals surface area contributed by atoms with Gasteiger partial charge in [0.25, 0.3) is 5.91 Å². The summed E-state index contributed by atoms with van der Waals surface area (Å²) in [7, 11) is 0. The molecule has 6 nitrogen and oxygen atoms in total. The maximum Gasteiger partial charge on any atom is 0.305 e. The van der Waals surface area contributed by atoms with Gasteiger partial charge in [0, 0.05) is 6.20 Å². The van der Waals surface area contributed by atoms with Crippen LogP contribution in [-0.2, 0) is 4.79 Å². The first-order chi connectivity index (χ1) is 9.16. The van der Waals surface area contributed by atoms with Crippen molar-refractivity contribution in [3.8, 4) is 0 Å². The summed E-state index contributed by atoms with van der Waals surface area (Å²) in [5.41, 5.74) is 0.226. The number of carbonyl (C=O) groups excluding carboxylic acids is 1. The second-order valence-corrected chi connectivity index (χ2v) is 3.85. The predicted octanol–water partition coefficient (Wildman–Crippen LogP) is 1.62. The fraction of sp³-hybridized carbons (Fsp3) is 0.154. The number of furan rings is 1. The predicted molar refractivity (Wildman–Crippen MR) is 65.4 cm³/mol. The average molecular weight is 260 g/mol. The zero-order valence-electron chi connectivity index (χ0n) is 9.95. The van der Waals surface area contributed by atoms with Crippen LogP contribution in [0, 0.1) is 0 Å². The van der Waals surface area contributed by atoms with Gasteiger partial charge in [-0.05, 0) is 24.3 Å². The molecule has 2 heterocycles. The molecule has 0 spiro atoms. The molecule has 0 aromatic carbocycles. The van der Waals surface area contributed by atoms with Crippen molar-refractivity contribution in [1.29, 1.82) is 0 Å². The molecule has 19 heavy (non-hydrogen) atoms. The average Bonchev–Trinajstić information content (AvgIpc) is 2.92. The first-order valence-corrected chi connectivity index (χ1v) is 5.64. The number of pyridine rings is 1. The molecule has 0 bridgehead atoms. The van der Waals surface area contributed by atoms with E-state index in [9.17, 15) is 9.59 Å². The molecule has 1 amide bonds. The number of rotatable bonds is 5. The smallest absolute Gasteiger partial charge is 0.305 e. The van der Waals surface area contributed by atoms with Gasteiger partial charge < -0.3 is 14.8 Å². The highest BCUT2D eigenvalue weighted by Crippen LogP contribution is 2.17. The van der Waals surface area contributed by atoms with E-state index in [0.717, 1.165) is 0 Å². The molecule has 0 aliphatic carbocycles. The van der Waals surface area contributed by atoms with Gasteiger partial charge in [0.05, 0.1) is 18.7 Å². The van der Waals surface area contributed by atoms with E-state index >= 15 is 0 Å². The lowest BCUT2D eigenvalue weighted by molar-refractivity contribution is -0.137. The monoisotopic (exact) mass is 260 g/mol. The molecule has 1 unspecified atom stereocenters. The lowest BCUT2D eigenvalue weighted by atomic mass is 10.1. The van der Waals surface area contributed by atoms with Crippen LogP contribution in [0.5, 0.6) is 0 Å². The number of aliphatic carboxylic acids is 1. The maximum absolute atomic E-state index is 11.9. The molecule has 2 N–H and O–H groups in total. The number of carboxylic acid groups (broad SMARTS) is 1. The van der Waals surface area contributed by atoms with E-state index < -0.39 is 17.9 Å². The lowest BCUT2D eigenvalue weighted by Crippen LogP contribution is -2.30. The first-order valence-electron chi connectivity index (χ1n) is 5.64. The van der Waals surface area contributed by atoms with Gasteiger partial charge in [-0.15, -0.1) is 0 Å². The van der Waals surface area contributed by atoms with E-state index in [1.54, 1.807) is 30.3 Å². The summed E-state index contributed by atoms with van der Waals surface area (Å²) >= 11 is 0. The molecular formula is C13H12N2O4. The Hall–Kier alpha value is -2.63. The zero-order chi connectivity index (χ0) is 13.7. The van der Waals surface area contributed by atoms with Gasteiger partial charge in [-0.2, -0.15) is 0 Å². The molecule has 2 aromatic heterocycles. The van der Waals surface area contributed by atoms with Crippen molar-refractivity contribution in [2.24, 2.45) is 0 Å². The van der Waals surface area contributed by atoms with Crippen LogP contribution >= 0.6 is 0 Å². The van der Waals surface area contributed by atoms with Crippen molar-refractivity contribution in [3.05, 3.63) is 54.2 Å². The maximum atomic E-state index is 11.9. The van der Waals surface area contributed by atoms with Crippen LogP contribution in [0.1, 0.15) is 28.7 Å². The van der Waals surface area contributed by atoms with E-state index in [2.05, 4.69) is 10.3 Å². The Morgan fingerprint density at radius 2 is 2.16 bits per heavy atom. The highest BCUT2D eigenvalue weighted by atomic mass is 16.4. The Morgan fingerprint density at radius 1 is 1.32 bits per heavy atom. The summed E-state index contributed by atoms with van der Waals surface area (Å²) in [4.78, 5) is 26.6. The third kappa shape index (κ3) is 3.41. The Kier molecular flexibility index (Phi) is 3.92. The second kappa shape index (κ2) is 5.81. The molecule has 1 atom stereocenters. The molecule has 0 aliphatic rings. The summed E-state index contributed by atoms with van der Waals surface area (Å²) in [5.74, 6) is -1.07. The van der Waals surface area contributed by atoms with Gasteiger partial charge in [0.1, 0.15) is 11.5 Å². The molecule has 2 aromatic rings. The van der Waals surface area contributed by atoms with Crippen molar-refractivity contribution in [1.82, 2.24) is 10.3 Å². The van der Waals surface area contributed by atoms with Crippen LogP contribution in [0.4, 0.5) is 0 Å². The fourth-order valence-electron chi connectivity index (χ4n) is 1.62. The highest BCUT2D eigenvalue weighted by molar-refractivity contribution is 5.92. The number of nitrogens with zero attached hydrogens (tertiary/aromatic N) is 1. The van der Waals surface area contributed by atoms with Crippen LogP contribution in [0.15, 0.2) is 47.2 Å². The zero-order valence-corrected chi connectivity index (χ0v) is 9.95. The van der Waals surface area contributed by atoms with Crippen LogP contribution in [-0.4, -0.2) is 22.0 Å². The van der Waals surface area contributed by atoms with E-state index in [1.807, 2.05) is 0 Å². The van der Waals surface area contributed by atoms with Gasteiger partial charge in [-0.3, -0.25) is 14.6 Å². The van der Waals surface area contributed by atoms with Crippen LogP contribution in [0.2, 0.25) is 0 Å². The first kappa shape index (κ1) is 12.8. The number of hydrogen-bond donors (Lipinski definition) is 2. The molecular weight excluding hydrogens is 248 g/mol. The Labute approximate surface area is 109 Å². The molecule has 0 radical (unpaired) electrons. The van der Waals surface area contributed by atoms with E-state index in [4.69, 9.17) is 9.52 Å². The third-order valence-corrected chi connectivity index (χ3v) is 2.47. The SMILES string of the molecule is O=C(O)CC(NC(=O)c1ccccn1)c1ccco1. The van der Waals surface area contributed by atoms with Gasteiger partial charge in [-0.1, -0.05) is 6.07 Å². The van der Waals surface area contributed by atoms with E-state index in [1.165, 1.54) is 12.5 Å². The van der Waals surface area contributed by atoms with Gasteiger partial charge in [-0.25, -0.2) is 0 Å². The molecule has 0 fully saturated rings. The fourth-order valence-corrected chi connectivity index (χ4v) is 1.62. The van der Waals surface area contributed by atoms with Crippen LogP contribution in [0.3, 0.4) is 0 Å². The normalized spacial score (nSPS) is 11.8. The third-order valence-electron chi connectivity index (χ3n) is 2.47. The summed E-state index contributed by atoms with van der Waals surface area (Å²) in [6.07, 6.45) is 2.66. The summed E-state index contributed by atoms with van der Waals surface area (Å²) < 4.78 is 5.13.